The van der Waals surface area contributed by atoms with E-state index in [1.54, 1.807) is 6.92 Å². The van der Waals surface area contributed by atoms with Crippen molar-refractivity contribution in [1.82, 2.24) is 0 Å². The smallest absolute Gasteiger partial charge is 0.163 e. The molecule has 0 N–H and O–H groups in total. The molecular weight excluding hydrogens is 260 g/mol. The van der Waals surface area contributed by atoms with Crippen LogP contribution in [0.3, 0.4) is 0 Å². The first kappa shape index (κ1) is 15.3. The van der Waals surface area contributed by atoms with E-state index in [1.807, 2.05) is 25.1 Å². The number of hydrogen-bond donors (Lipinski definition) is 0. The molecule has 0 saturated carbocycles. The maximum atomic E-state index is 11.8. The van der Waals surface area contributed by atoms with Crippen LogP contribution in [0, 0.1) is 6.92 Å². The Morgan fingerprint density at radius 2 is 1.52 bits per heavy atom. The number of Topliss-reactive ketones (excluding diaryl/α,β-unsaturated/α-hetero) is 1. The lowest BCUT2D eigenvalue weighted by Gasteiger charge is -2.14. The van der Waals surface area contributed by atoms with Gasteiger partial charge in [-0.2, -0.15) is 0 Å². The first-order valence-corrected chi connectivity index (χ1v) is 7.46. The minimum atomic E-state index is 0.0250. The summed E-state index contributed by atoms with van der Waals surface area (Å²) in [7, 11) is 0. The van der Waals surface area contributed by atoms with Crippen LogP contribution in [0.2, 0.25) is 0 Å². The molecule has 0 bridgehead atoms. The molecule has 0 fully saturated rings. The highest BCUT2D eigenvalue weighted by Crippen LogP contribution is 2.30. The van der Waals surface area contributed by atoms with Gasteiger partial charge in [0.05, 0.1) is 5.56 Å². The van der Waals surface area contributed by atoms with Crippen LogP contribution >= 0.6 is 0 Å². The predicted octanol–water partition coefficient (Wildman–Crippen LogP) is 5.11. The number of ether oxygens (including phenoxy) is 1. The number of rotatable bonds is 5. The van der Waals surface area contributed by atoms with E-state index >= 15 is 0 Å². The molecule has 0 heterocycles. The van der Waals surface area contributed by atoms with E-state index in [0.29, 0.717) is 11.3 Å². The summed E-state index contributed by atoms with van der Waals surface area (Å²) in [4.78, 5) is 11.8. The first-order chi connectivity index (χ1) is 10.0. The number of hydrogen-bond acceptors (Lipinski definition) is 2. The topological polar surface area (TPSA) is 26.3 Å². The second kappa shape index (κ2) is 6.57. The zero-order chi connectivity index (χ0) is 15.4. The molecule has 21 heavy (non-hydrogen) atoms. The fourth-order valence-electron chi connectivity index (χ4n) is 2.25. The fraction of sp³-hybridized carbons (Fsp3) is 0.316. The van der Waals surface area contributed by atoms with Crippen LogP contribution in [0.5, 0.6) is 11.5 Å². The number of benzene rings is 2. The van der Waals surface area contributed by atoms with Crippen LogP contribution in [0.15, 0.2) is 36.4 Å². The van der Waals surface area contributed by atoms with Gasteiger partial charge in [0.2, 0.25) is 0 Å². The molecule has 2 aromatic carbocycles. The van der Waals surface area contributed by atoms with Crippen molar-refractivity contribution in [2.24, 2.45) is 0 Å². The van der Waals surface area contributed by atoms with E-state index in [-0.39, 0.29) is 5.78 Å². The summed E-state index contributed by atoms with van der Waals surface area (Å²) in [6, 6.07) is 12.0. The highest BCUT2D eigenvalue weighted by atomic mass is 16.5. The lowest BCUT2D eigenvalue weighted by atomic mass is 10.1. The molecule has 110 valence electrons. The molecule has 0 aliphatic rings. The van der Waals surface area contributed by atoms with Crippen molar-refractivity contribution in [3.05, 3.63) is 58.7 Å². The van der Waals surface area contributed by atoms with E-state index in [0.717, 1.165) is 24.2 Å². The third-order valence-electron chi connectivity index (χ3n) is 3.71. The summed E-state index contributed by atoms with van der Waals surface area (Å²) < 4.78 is 6.07. The van der Waals surface area contributed by atoms with Gasteiger partial charge in [0.15, 0.2) is 5.78 Å². The van der Waals surface area contributed by atoms with Crippen LogP contribution in [0.1, 0.15) is 47.8 Å². The van der Waals surface area contributed by atoms with Gasteiger partial charge in [0.1, 0.15) is 11.5 Å². The van der Waals surface area contributed by atoms with Gasteiger partial charge in [-0.3, -0.25) is 4.79 Å². The van der Waals surface area contributed by atoms with Gasteiger partial charge in [-0.05, 0) is 61.6 Å². The quantitative estimate of drug-likeness (QED) is 0.712. The molecule has 0 aliphatic carbocycles. The summed E-state index contributed by atoms with van der Waals surface area (Å²) in [5.74, 6) is 1.50. The SMILES string of the molecule is CCc1ccc(C)c(Oc2cc(CC)ccc2C(C)=O)c1. The Labute approximate surface area is 126 Å². The molecule has 2 nitrogen and oxygen atoms in total. The summed E-state index contributed by atoms with van der Waals surface area (Å²) >= 11 is 0. The maximum absolute atomic E-state index is 11.8. The molecular formula is C19H22O2. The summed E-state index contributed by atoms with van der Waals surface area (Å²) in [5, 5.41) is 0. The summed E-state index contributed by atoms with van der Waals surface area (Å²) in [6.07, 6.45) is 1.88. The Hall–Kier alpha value is -2.09. The molecule has 0 aromatic heterocycles. The lowest BCUT2D eigenvalue weighted by Crippen LogP contribution is -1.99. The average Bonchev–Trinajstić information content (AvgIpc) is 2.49. The Bertz CT molecular complexity index is 657. The molecule has 0 unspecified atom stereocenters. The Morgan fingerprint density at radius 3 is 2.10 bits per heavy atom. The van der Waals surface area contributed by atoms with Crippen molar-refractivity contribution in [3.8, 4) is 11.5 Å². The third-order valence-corrected chi connectivity index (χ3v) is 3.71. The van der Waals surface area contributed by atoms with Crippen molar-refractivity contribution in [2.45, 2.75) is 40.5 Å². The molecule has 2 aromatic rings. The highest BCUT2D eigenvalue weighted by molar-refractivity contribution is 5.97. The van der Waals surface area contributed by atoms with Crippen LogP contribution in [0.25, 0.3) is 0 Å². The largest absolute Gasteiger partial charge is 0.456 e. The van der Waals surface area contributed by atoms with Gasteiger partial charge in [0, 0.05) is 0 Å². The second-order valence-electron chi connectivity index (χ2n) is 5.30. The standard InChI is InChI=1S/C19H22O2/c1-5-15-8-7-13(3)18(11-15)21-19-12-16(6-2)9-10-17(19)14(4)20/h7-12H,5-6H2,1-4H3. The van der Waals surface area contributed by atoms with E-state index in [9.17, 15) is 4.79 Å². The van der Waals surface area contributed by atoms with E-state index in [4.69, 9.17) is 4.74 Å². The Balaban J connectivity index is 2.44. The lowest BCUT2D eigenvalue weighted by molar-refractivity contribution is 0.101. The van der Waals surface area contributed by atoms with E-state index < -0.39 is 0 Å². The summed E-state index contributed by atoms with van der Waals surface area (Å²) in [5.41, 5.74) is 4.10. The number of carbonyl (C=O) groups excluding carboxylic acids is 1. The first-order valence-electron chi connectivity index (χ1n) is 7.46. The molecule has 0 spiro atoms. The minimum absolute atomic E-state index is 0.0250. The number of carbonyl (C=O) groups is 1. The van der Waals surface area contributed by atoms with Crippen molar-refractivity contribution in [2.75, 3.05) is 0 Å². The van der Waals surface area contributed by atoms with Gasteiger partial charge >= 0.3 is 0 Å². The molecule has 0 amide bonds. The molecule has 0 radical (unpaired) electrons. The van der Waals surface area contributed by atoms with Crippen LogP contribution in [-0.4, -0.2) is 5.78 Å². The maximum Gasteiger partial charge on any atom is 0.163 e. The van der Waals surface area contributed by atoms with Gasteiger partial charge in [-0.15, -0.1) is 0 Å². The monoisotopic (exact) mass is 282 g/mol. The Morgan fingerprint density at radius 1 is 0.952 bits per heavy atom. The van der Waals surface area contributed by atoms with E-state index in [2.05, 4.69) is 32.0 Å². The zero-order valence-electron chi connectivity index (χ0n) is 13.2. The van der Waals surface area contributed by atoms with Crippen LogP contribution < -0.4 is 4.74 Å². The molecule has 0 saturated heterocycles. The molecule has 2 heteroatoms. The van der Waals surface area contributed by atoms with Crippen molar-refractivity contribution in [3.63, 3.8) is 0 Å². The average molecular weight is 282 g/mol. The minimum Gasteiger partial charge on any atom is -0.456 e. The van der Waals surface area contributed by atoms with E-state index in [1.165, 1.54) is 11.1 Å². The van der Waals surface area contributed by atoms with Crippen molar-refractivity contribution >= 4 is 5.78 Å². The van der Waals surface area contributed by atoms with Gasteiger partial charge in [0.25, 0.3) is 0 Å². The Kier molecular flexibility index (Phi) is 4.79. The van der Waals surface area contributed by atoms with Crippen LogP contribution in [-0.2, 0) is 12.8 Å². The highest BCUT2D eigenvalue weighted by Gasteiger charge is 2.11. The third kappa shape index (κ3) is 3.52. The van der Waals surface area contributed by atoms with Crippen LogP contribution in [0.4, 0.5) is 0 Å². The number of ketones is 1. The van der Waals surface area contributed by atoms with Crippen molar-refractivity contribution < 1.29 is 9.53 Å². The molecule has 0 aliphatic heterocycles. The van der Waals surface area contributed by atoms with Gasteiger partial charge in [-0.25, -0.2) is 0 Å². The second-order valence-corrected chi connectivity index (χ2v) is 5.30. The molecule has 2 rings (SSSR count). The summed E-state index contributed by atoms with van der Waals surface area (Å²) in [6.45, 7) is 7.80. The van der Waals surface area contributed by atoms with Gasteiger partial charge in [-0.1, -0.05) is 32.0 Å². The zero-order valence-corrected chi connectivity index (χ0v) is 13.2. The normalized spacial score (nSPS) is 10.5. The number of aryl methyl sites for hydroxylation is 3. The van der Waals surface area contributed by atoms with Gasteiger partial charge < -0.3 is 4.74 Å². The fourth-order valence-corrected chi connectivity index (χ4v) is 2.25. The predicted molar refractivity (Wildman–Crippen MR) is 86.5 cm³/mol. The molecule has 0 atom stereocenters. The van der Waals surface area contributed by atoms with Crippen molar-refractivity contribution in [1.29, 1.82) is 0 Å².